The van der Waals surface area contributed by atoms with Crippen molar-refractivity contribution in [2.45, 2.75) is 34.6 Å². The molecule has 0 aliphatic heterocycles. The first-order valence-electron chi connectivity index (χ1n) is 8.62. The number of carbonyl (C=O) groups is 2. The van der Waals surface area contributed by atoms with Crippen molar-refractivity contribution in [2.75, 3.05) is 26.7 Å². The van der Waals surface area contributed by atoms with Gasteiger partial charge in [-0.25, -0.2) is 0 Å². The van der Waals surface area contributed by atoms with Crippen LogP contribution in [0.1, 0.15) is 45.1 Å². The third-order valence-electron chi connectivity index (χ3n) is 3.12. The lowest BCUT2D eigenvalue weighted by atomic mass is 10.2. The molecule has 6 nitrogen and oxygen atoms in total. The van der Waals surface area contributed by atoms with Crippen LogP contribution in [0, 0.1) is 0 Å². The summed E-state index contributed by atoms with van der Waals surface area (Å²) in [4.78, 5) is 26.6. The molecular formula is C19H30N2O4. The van der Waals surface area contributed by atoms with Crippen LogP contribution in [0.15, 0.2) is 24.3 Å². The zero-order valence-corrected chi connectivity index (χ0v) is 16.0. The van der Waals surface area contributed by atoms with Crippen molar-refractivity contribution < 1.29 is 19.4 Å². The maximum absolute atomic E-state index is 11.3. The fraction of sp³-hybridized carbons (Fsp3) is 0.474. The van der Waals surface area contributed by atoms with Crippen LogP contribution < -0.4 is 4.74 Å². The summed E-state index contributed by atoms with van der Waals surface area (Å²) in [6.45, 7) is 10.4. The van der Waals surface area contributed by atoms with Gasteiger partial charge in [-0.2, -0.15) is 0 Å². The van der Waals surface area contributed by atoms with E-state index in [-0.39, 0.29) is 12.3 Å². The fourth-order valence-corrected chi connectivity index (χ4v) is 2.02. The van der Waals surface area contributed by atoms with Gasteiger partial charge in [-0.1, -0.05) is 27.7 Å². The Hall–Kier alpha value is -2.34. The van der Waals surface area contributed by atoms with Crippen LogP contribution in [0.25, 0.3) is 10.9 Å². The highest BCUT2D eigenvalue weighted by molar-refractivity contribution is 5.98. The van der Waals surface area contributed by atoms with E-state index in [1.807, 2.05) is 45.9 Å². The number of aliphatic carboxylic acids is 1. The topological polar surface area (TPSA) is 82.6 Å². The number of hydrogen-bond donors (Lipinski definition) is 2. The van der Waals surface area contributed by atoms with Crippen molar-refractivity contribution in [1.82, 2.24) is 9.88 Å². The number of carboxylic acid groups (broad SMARTS) is 1. The molecule has 0 atom stereocenters. The van der Waals surface area contributed by atoms with Gasteiger partial charge in [0.15, 0.2) is 5.78 Å². The zero-order valence-electron chi connectivity index (χ0n) is 16.0. The predicted octanol–water partition coefficient (Wildman–Crippen LogP) is 3.82. The number of ketones is 1. The number of hydrogen-bond acceptors (Lipinski definition) is 4. The molecule has 0 saturated carbocycles. The second kappa shape index (κ2) is 12.1. The largest absolute Gasteiger partial charge is 0.492 e. The van der Waals surface area contributed by atoms with Crippen molar-refractivity contribution >= 4 is 22.7 Å². The second-order valence-corrected chi connectivity index (χ2v) is 4.97. The number of nitrogens with zero attached hydrogens (tertiary/aromatic N) is 1. The number of benzene rings is 1. The first-order valence-corrected chi connectivity index (χ1v) is 8.62. The lowest BCUT2D eigenvalue weighted by molar-refractivity contribution is -0.138. The van der Waals surface area contributed by atoms with E-state index < -0.39 is 5.97 Å². The van der Waals surface area contributed by atoms with Gasteiger partial charge in [0, 0.05) is 24.4 Å². The number of carboxylic acids is 1. The summed E-state index contributed by atoms with van der Waals surface area (Å²) >= 11 is 0. The van der Waals surface area contributed by atoms with E-state index in [4.69, 9.17) is 9.84 Å². The number of carbonyl (C=O) groups excluding carboxylic acids is 1. The van der Waals surface area contributed by atoms with Gasteiger partial charge in [-0.05, 0) is 31.3 Å². The monoisotopic (exact) mass is 350 g/mol. The number of Topliss-reactive ketones (excluding diaryl/α,β-unsaturated/α-hetero) is 1. The molecule has 0 aliphatic rings. The molecule has 0 unspecified atom stereocenters. The standard InChI is InChI=1S/C15H18N2O4.2C2H6/c1-10(18)14-8-11-7-12(3-4-13(11)16-14)21-6-5-17(2)9-15(19)20;2*1-2/h3-4,7-8,16H,5-6,9H2,1-2H3,(H,19,20);2*1-2H3. The fourth-order valence-electron chi connectivity index (χ4n) is 2.02. The van der Waals surface area contributed by atoms with E-state index in [2.05, 4.69) is 4.98 Å². The molecule has 140 valence electrons. The average molecular weight is 350 g/mol. The number of ether oxygens (including phenoxy) is 1. The Balaban J connectivity index is 0.00000134. The quantitative estimate of drug-likeness (QED) is 0.742. The Morgan fingerprint density at radius 2 is 1.80 bits per heavy atom. The van der Waals surface area contributed by atoms with E-state index in [0.29, 0.717) is 24.6 Å². The molecule has 1 heterocycles. The first kappa shape index (κ1) is 22.7. The number of aromatic nitrogens is 1. The molecule has 0 aliphatic carbocycles. The lowest BCUT2D eigenvalue weighted by Gasteiger charge is -2.14. The van der Waals surface area contributed by atoms with Crippen molar-refractivity contribution in [3.63, 3.8) is 0 Å². The normalized spacial score (nSPS) is 9.72. The summed E-state index contributed by atoms with van der Waals surface area (Å²) in [7, 11) is 1.73. The van der Waals surface area contributed by atoms with Crippen molar-refractivity contribution in [3.05, 3.63) is 30.0 Å². The van der Waals surface area contributed by atoms with E-state index in [9.17, 15) is 9.59 Å². The van der Waals surface area contributed by atoms with Crippen LogP contribution in [0.5, 0.6) is 5.75 Å². The number of fused-ring (bicyclic) bond motifs is 1. The minimum absolute atomic E-state index is 0.0102. The van der Waals surface area contributed by atoms with Crippen molar-refractivity contribution in [3.8, 4) is 5.75 Å². The molecule has 0 bridgehead atoms. The Kier molecular flexibility index (Phi) is 11.0. The zero-order chi connectivity index (χ0) is 19.4. The molecule has 0 fully saturated rings. The van der Waals surface area contributed by atoms with E-state index in [1.54, 1.807) is 18.0 Å². The molecule has 2 rings (SSSR count). The van der Waals surface area contributed by atoms with Crippen LogP contribution in [-0.4, -0.2) is 53.5 Å². The maximum Gasteiger partial charge on any atom is 0.317 e. The van der Waals surface area contributed by atoms with E-state index >= 15 is 0 Å². The minimum atomic E-state index is -0.858. The molecule has 2 aromatic rings. The third-order valence-corrected chi connectivity index (χ3v) is 3.12. The average Bonchev–Trinajstić information content (AvgIpc) is 3.01. The molecular weight excluding hydrogens is 320 g/mol. The van der Waals surface area contributed by atoms with Gasteiger partial charge >= 0.3 is 5.97 Å². The number of aromatic amines is 1. The number of nitrogens with one attached hydrogen (secondary N) is 1. The summed E-state index contributed by atoms with van der Waals surface area (Å²) in [6, 6.07) is 7.33. The van der Waals surface area contributed by atoms with Gasteiger partial charge in [0.1, 0.15) is 12.4 Å². The molecule has 0 radical (unpaired) electrons. The highest BCUT2D eigenvalue weighted by Gasteiger charge is 2.07. The molecule has 6 heteroatoms. The molecule has 0 saturated heterocycles. The molecule has 1 aromatic carbocycles. The van der Waals surface area contributed by atoms with Crippen LogP contribution in [-0.2, 0) is 4.79 Å². The van der Waals surface area contributed by atoms with Crippen molar-refractivity contribution in [1.29, 1.82) is 0 Å². The van der Waals surface area contributed by atoms with Gasteiger partial charge in [-0.3, -0.25) is 14.5 Å². The molecule has 1 aromatic heterocycles. The van der Waals surface area contributed by atoms with Gasteiger partial charge in [0.05, 0.1) is 12.2 Å². The van der Waals surface area contributed by atoms with Crippen molar-refractivity contribution in [2.24, 2.45) is 0 Å². The lowest BCUT2D eigenvalue weighted by Crippen LogP contribution is -2.29. The van der Waals surface area contributed by atoms with E-state index in [0.717, 1.165) is 10.9 Å². The molecule has 0 amide bonds. The van der Waals surface area contributed by atoms with Crippen LogP contribution in [0.4, 0.5) is 0 Å². The number of likely N-dealkylation sites (N-methyl/N-ethyl adjacent to an activating group) is 1. The Labute approximate surface area is 149 Å². The molecule has 2 N–H and O–H groups in total. The molecule has 25 heavy (non-hydrogen) atoms. The number of H-pyrrole nitrogens is 1. The van der Waals surface area contributed by atoms with Gasteiger partial charge in [0.25, 0.3) is 0 Å². The number of rotatable bonds is 7. The Morgan fingerprint density at radius 1 is 1.16 bits per heavy atom. The SMILES string of the molecule is CC.CC.CC(=O)c1cc2cc(OCCN(C)CC(=O)O)ccc2[nH]1. The maximum atomic E-state index is 11.3. The van der Waals surface area contributed by atoms with Crippen LogP contribution in [0.3, 0.4) is 0 Å². The summed E-state index contributed by atoms with van der Waals surface area (Å²) in [6.07, 6.45) is 0. The van der Waals surface area contributed by atoms with Crippen LogP contribution in [0.2, 0.25) is 0 Å². The summed E-state index contributed by atoms with van der Waals surface area (Å²) in [5.74, 6) is -0.174. The van der Waals surface area contributed by atoms with Gasteiger partial charge in [-0.15, -0.1) is 0 Å². The third kappa shape index (κ3) is 7.85. The highest BCUT2D eigenvalue weighted by atomic mass is 16.5. The molecule has 0 spiro atoms. The minimum Gasteiger partial charge on any atom is -0.492 e. The summed E-state index contributed by atoms with van der Waals surface area (Å²) < 4.78 is 5.60. The van der Waals surface area contributed by atoms with Crippen LogP contribution >= 0.6 is 0 Å². The second-order valence-electron chi connectivity index (χ2n) is 4.97. The summed E-state index contributed by atoms with van der Waals surface area (Å²) in [5.41, 5.74) is 1.46. The predicted molar refractivity (Wildman–Crippen MR) is 102 cm³/mol. The highest BCUT2D eigenvalue weighted by Crippen LogP contribution is 2.21. The first-order chi connectivity index (χ1) is 12.0. The van der Waals surface area contributed by atoms with Gasteiger partial charge in [0.2, 0.25) is 0 Å². The van der Waals surface area contributed by atoms with Gasteiger partial charge < -0.3 is 14.8 Å². The smallest absolute Gasteiger partial charge is 0.317 e. The summed E-state index contributed by atoms with van der Waals surface area (Å²) in [5, 5.41) is 9.57. The Morgan fingerprint density at radius 3 is 2.36 bits per heavy atom. The Bertz CT molecular complexity index is 664. The van der Waals surface area contributed by atoms with E-state index in [1.165, 1.54) is 6.92 Å².